The Bertz CT molecular complexity index is 82.0. The van der Waals surface area contributed by atoms with Gasteiger partial charge in [-0.05, 0) is 25.7 Å². The predicted octanol–water partition coefficient (Wildman–Crippen LogP) is 4.13. The maximum Gasteiger partial charge on any atom is -0.0171 e. The zero-order valence-electron chi connectivity index (χ0n) is 7.97. The summed E-state index contributed by atoms with van der Waals surface area (Å²) in [6.45, 7) is 4.45. The van der Waals surface area contributed by atoms with Crippen LogP contribution in [0.5, 0.6) is 0 Å². The fourth-order valence-corrected chi connectivity index (χ4v) is 0.968. The number of allylic oxidation sites excluding steroid dienone is 2. The van der Waals surface area contributed by atoms with Crippen LogP contribution in [0.3, 0.4) is 0 Å². The second-order valence-electron chi connectivity index (χ2n) is 2.95. The van der Waals surface area contributed by atoms with Gasteiger partial charge in [-0.25, -0.2) is 0 Å². The van der Waals surface area contributed by atoms with Crippen LogP contribution < -0.4 is 0 Å². The molecule has 0 bridgehead atoms. The Kier molecular flexibility index (Phi) is 9.51. The molecule has 0 aromatic rings. The Morgan fingerprint density at radius 3 is 2.36 bits per heavy atom. The third kappa shape index (κ3) is 9.74. The molecule has 0 saturated carbocycles. The number of hydrogen-bond donors (Lipinski definition) is 0. The molecule has 0 aliphatic rings. The Balaban J connectivity index is 2.91. The van der Waals surface area contributed by atoms with E-state index >= 15 is 0 Å². The number of rotatable bonds is 7. The molecule has 0 unspecified atom stereocenters. The molecule has 0 rings (SSSR count). The van der Waals surface area contributed by atoms with E-state index in [0.29, 0.717) is 0 Å². The highest BCUT2D eigenvalue weighted by atomic mass is 13.9. The molecule has 0 atom stereocenters. The minimum atomic E-state index is 1.23. The summed E-state index contributed by atoms with van der Waals surface area (Å²) in [4.78, 5) is 0. The van der Waals surface area contributed by atoms with Gasteiger partial charge in [0.1, 0.15) is 0 Å². The highest BCUT2D eigenvalue weighted by molar-refractivity contribution is 4.93. The normalized spacial score (nSPS) is 11.1. The maximum atomic E-state index is 2.28. The van der Waals surface area contributed by atoms with E-state index in [0.717, 1.165) is 0 Å². The standard InChI is InChI=1S/C11H21/c1-3-5-7-9-11-10-8-6-4-2/h7,9,11H,3-6,8,10H2,1-2H3/b11-9+. The van der Waals surface area contributed by atoms with E-state index in [1.54, 1.807) is 0 Å². The van der Waals surface area contributed by atoms with Crippen molar-refractivity contribution < 1.29 is 0 Å². The van der Waals surface area contributed by atoms with Crippen LogP contribution in [0.1, 0.15) is 52.4 Å². The summed E-state index contributed by atoms with van der Waals surface area (Å²) in [5, 5.41) is 0. The lowest BCUT2D eigenvalue weighted by atomic mass is 10.2. The first-order valence-electron chi connectivity index (χ1n) is 4.90. The Morgan fingerprint density at radius 2 is 1.73 bits per heavy atom. The summed E-state index contributed by atoms with van der Waals surface area (Å²) in [5.41, 5.74) is 0. The average Bonchev–Trinajstić information content (AvgIpc) is 2.03. The van der Waals surface area contributed by atoms with Gasteiger partial charge in [0.2, 0.25) is 0 Å². The first kappa shape index (κ1) is 10.7. The van der Waals surface area contributed by atoms with E-state index in [1.165, 1.54) is 38.5 Å². The van der Waals surface area contributed by atoms with Gasteiger partial charge in [0.15, 0.2) is 0 Å². The summed E-state index contributed by atoms with van der Waals surface area (Å²) in [5.74, 6) is 0. The fraction of sp³-hybridized carbons (Fsp3) is 0.727. The van der Waals surface area contributed by atoms with Crippen LogP contribution in [0.4, 0.5) is 0 Å². The SMILES string of the molecule is CCC[CH]/C=C/CCCCC. The van der Waals surface area contributed by atoms with Gasteiger partial charge in [0, 0.05) is 0 Å². The average molecular weight is 153 g/mol. The lowest BCUT2D eigenvalue weighted by molar-refractivity contribution is 0.728. The molecule has 11 heavy (non-hydrogen) atoms. The van der Waals surface area contributed by atoms with Crippen molar-refractivity contribution in [1.82, 2.24) is 0 Å². The van der Waals surface area contributed by atoms with Crippen LogP contribution in [0.25, 0.3) is 0 Å². The van der Waals surface area contributed by atoms with Gasteiger partial charge in [-0.2, -0.15) is 0 Å². The van der Waals surface area contributed by atoms with Crippen molar-refractivity contribution in [2.75, 3.05) is 0 Å². The zero-order valence-corrected chi connectivity index (χ0v) is 7.97. The molecule has 0 nitrogen and oxygen atoms in total. The van der Waals surface area contributed by atoms with Crippen LogP contribution in [-0.4, -0.2) is 0 Å². The molecule has 0 aromatic heterocycles. The number of unbranched alkanes of at least 4 members (excludes halogenated alkanes) is 5. The predicted molar refractivity (Wildman–Crippen MR) is 52.5 cm³/mol. The number of hydrogen-bond acceptors (Lipinski definition) is 0. The topological polar surface area (TPSA) is 0 Å². The van der Waals surface area contributed by atoms with Crippen LogP contribution in [0, 0.1) is 6.42 Å². The molecule has 1 radical (unpaired) electrons. The van der Waals surface area contributed by atoms with Crippen molar-refractivity contribution in [2.45, 2.75) is 52.4 Å². The van der Waals surface area contributed by atoms with Crippen molar-refractivity contribution in [2.24, 2.45) is 0 Å². The lowest BCUT2D eigenvalue weighted by Gasteiger charge is -1.91. The Labute approximate surface area is 71.7 Å². The maximum absolute atomic E-state index is 2.28. The van der Waals surface area contributed by atoms with Gasteiger partial charge in [-0.15, -0.1) is 0 Å². The molecule has 0 aliphatic carbocycles. The molecule has 0 aliphatic heterocycles. The highest BCUT2D eigenvalue weighted by Gasteiger charge is 1.81. The quantitative estimate of drug-likeness (QED) is 0.482. The summed E-state index contributed by atoms with van der Waals surface area (Å²) in [6, 6.07) is 0. The molecular weight excluding hydrogens is 132 g/mol. The molecule has 0 fully saturated rings. The largest absolute Gasteiger partial charge is 0.0882 e. The molecule has 0 aromatic carbocycles. The van der Waals surface area contributed by atoms with E-state index < -0.39 is 0 Å². The van der Waals surface area contributed by atoms with Crippen LogP contribution >= 0.6 is 0 Å². The molecular formula is C11H21. The lowest BCUT2D eigenvalue weighted by Crippen LogP contribution is -1.72. The van der Waals surface area contributed by atoms with Gasteiger partial charge in [-0.3, -0.25) is 0 Å². The summed E-state index contributed by atoms with van der Waals surface area (Å²) < 4.78 is 0. The van der Waals surface area contributed by atoms with Crippen LogP contribution in [0.15, 0.2) is 12.2 Å². The van der Waals surface area contributed by atoms with Gasteiger partial charge in [0.25, 0.3) is 0 Å². The third-order valence-electron chi connectivity index (χ3n) is 1.70. The van der Waals surface area contributed by atoms with E-state index in [4.69, 9.17) is 0 Å². The van der Waals surface area contributed by atoms with E-state index in [-0.39, 0.29) is 0 Å². The Hall–Kier alpha value is -0.260. The molecule has 0 spiro atoms. The van der Waals surface area contributed by atoms with Crippen molar-refractivity contribution in [3.63, 3.8) is 0 Å². The second-order valence-corrected chi connectivity index (χ2v) is 2.95. The van der Waals surface area contributed by atoms with Crippen molar-refractivity contribution in [1.29, 1.82) is 0 Å². The van der Waals surface area contributed by atoms with Crippen molar-refractivity contribution in [3.05, 3.63) is 18.6 Å². The molecule has 65 valence electrons. The third-order valence-corrected chi connectivity index (χ3v) is 1.70. The highest BCUT2D eigenvalue weighted by Crippen LogP contribution is 2.01. The smallest absolute Gasteiger partial charge is 0.0171 e. The minimum absolute atomic E-state index is 1.23. The molecule has 0 N–H and O–H groups in total. The van der Waals surface area contributed by atoms with Gasteiger partial charge < -0.3 is 0 Å². The van der Waals surface area contributed by atoms with Crippen molar-refractivity contribution in [3.8, 4) is 0 Å². The van der Waals surface area contributed by atoms with Gasteiger partial charge >= 0.3 is 0 Å². The molecule has 0 saturated heterocycles. The molecule has 0 heterocycles. The fourth-order valence-electron chi connectivity index (χ4n) is 0.968. The first-order valence-corrected chi connectivity index (χ1v) is 4.90. The monoisotopic (exact) mass is 153 g/mol. The van der Waals surface area contributed by atoms with Crippen molar-refractivity contribution >= 4 is 0 Å². The second kappa shape index (κ2) is 9.74. The first-order chi connectivity index (χ1) is 5.41. The minimum Gasteiger partial charge on any atom is -0.0882 e. The summed E-state index contributed by atoms with van der Waals surface area (Å²) in [6.07, 6.45) is 14.5. The van der Waals surface area contributed by atoms with Gasteiger partial charge in [-0.1, -0.05) is 45.3 Å². The van der Waals surface area contributed by atoms with E-state index in [1.807, 2.05) is 0 Å². The summed E-state index contributed by atoms with van der Waals surface area (Å²) in [7, 11) is 0. The van der Waals surface area contributed by atoms with Gasteiger partial charge in [0.05, 0.1) is 0 Å². The van der Waals surface area contributed by atoms with E-state index in [2.05, 4.69) is 32.4 Å². The molecule has 0 amide bonds. The zero-order chi connectivity index (χ0) is 8.36. The van der Waals surface area contributed by atoms with Crippen LogP contribution in [0.2, 0.25) is 0 Å². The van der Waals surface area contributed by atoms with Crippen LogP contribution in [-0.2, 0) is 0 Å². The Morgan fingerprint density at radius 1 is 0.909 bits per heavy atom. The van der Waals surface area contributed by atoms with E-state index in [9.17, 15) is 0 Å². The molecule has 0 heteroatoms. The summed E-state index contributed by atoms with van der Waals surface area (Å²) >= 11 is 0.